The van der Waals surface area contributed by atoms with Crippen LogP contribution in [0.15, 0.2) is 58.6 Å². The van der Waals surface area contributed by atoms with E-state index >= 15 is 0 Å². The number of urea groups is 1. The van der Waals surface area contributed by atoms with Gasteiger partial charge in [0.15, 0.2) is 11.6 Å². The number of rotatable bonds is 6. The first-order valence-electron chi connectivity index (χ1n) is 9.66. The standard InChI is InChI=1S/C22H20FN3O5S/c1-30-17-8-5-13(9-15(17)23)24-18(27)10-26-16-11-31-21(28)19(16)20(25-22(26)29)12-3-6-14(32-2)7-4-12/h3-9,20H,10-11H2,1-2H3,(H,24,27)(H,25,29)/t20-/m1/s1. The molecule has 0 saturated carbocycles. The average molecular weight is 457 g/mol. The number of cyclic esters (lactones) is 1. The zero-order valence-corrected chi connectivity index (χ0v) is 18.1. The molecule has 2 aliphatic heterocycles. The maximum absolute atomic E-state index is 13.9. The number of esters is 1. The van der Waals surface area contributed by atoms with Gasteiger partial charge >= 0.3 is 12.0 Å². The Morgan fingerprint density at radius 2 is 2.03 bits per heavy atom. The molecule has 4 rings (SSSR count). The first-order valence-corrected chi connectivity index (χ1v) is 10.9. The van der Waals surface area contributed by atoms with Crippen LogP contribution < -0.4 is 15.4 Å². The summed E-state index contributed by atoms with van der Waals surface area (Å²) in [7, 11) is 1.34. The third kappa shape index (κ3) is 4.13. The van der Waals surface area contributed by atoms with Gasteiger partial charge in [0.2, 0.25) is 5.91 Å². The molecule has 0 fully saturated rings. The normalized spacial score (nSPS) is 17.6. The first kappa shape index (κ1) is 21.7. The molecule has 166 valence electrons. The quantitative estimate of drug-likeness (QED) is 0.511. The molecule has 0 aliphatic carbocycles. The van der Waals surface area contributed by atoms with Crippen molar-refractivity contribution in [2.24, 2.45) is 0 Å². The minimum absolute atomic E-state index is 0.0476. The second-order valence-corrected chi connectivity index (χ2v) is 7.96. The Morgan fingerprint density at radius 3 is 2.69 bits per heavy atom. The van der Waals surface area contributed by atoms with Crippen molar-refractivity contribution in [1.82, 2.24) is 10.2 Å². The highest BCUT2D eigenvalue weighted by molar-refractivity contribution is 7.98. The van der Waals surface area contributed by atoms with Crippen LogP contribution >= 0.6 is 11.8 Å². The molecule has 0 saturated heterocycles. The second kappa shape index (κ2) is 8.91. The van der Waals surface area contributed by atoms with E-state index in [0.29, 0.717) is 11.3 Å². The van der Waals surface area contributed by atoms with Crippen LogP contribution in [-0.4, -0.2) is 49.3 Å². The molecular formula is C22H20FN3O5S. The summed E-state index contributed by atoms with van der Waals surface area (Å²) in [6.07, 6.45) is 1.95. The lowest BCUT2D eigenvalue weighted by Gasteiger charge is -2.32. The Kier molecular flexibility index (Phi) is 6.04. The number of nitrogens with zero attached hydrogens (tertiary/aromatic N) is 1. The van der Waals surface area contributed by atoms with E-state index in [2.05, 4.69) is 10.6 Å². The van der Waals surface area contributed by atoms with E-state index in [1.165, 1.54) is 24.1 Å². The number of carbonyl (C=O) groups is 3. The van der Waals surface area contributed by atoms with E-state index in [4.69, 9.17) is 9.47 Å². The number of halogens is 1. The fourth-order valence-electron chi connectivity index (χ4n) is 3.61. The highest BCUT2D eigenvalue weighted by Gasteiger charge is 2.42. The number of thioether (sulfide) groups is 1. The Hall–Kier alpha value is -3.53. The fraction of sp³-hybridized carbons (Fsp3) is 0.227. The minimum atomic E-state index is -0.668. The number of anilines is 1. The second-order valence-electron chi connectivity index (χ2n) is 7.08. The van der Waals surface area contributed by atoms with E-state index in [0.717, 1.165) is 16.5 Å². The van der Waals surface area contributed by atoms with Gasteiger partial charge in [0.05, 0.1) is 24.4 Å². The van der Waals surface area contributed by atoms with Crippen molar-refractivity contribution in [3.63, 3.8) is 0 Å². The summed E-state index contributed by atoms with van der Waals surface area (Å²) in [6.45, 7) is -0.474. The van der Waals surface area contributed by atoms with Crippen molar-refractivity contribution >= 4 is 35.4 Å². The van der Waals surface area contributed by atoms with Crippen LogP contribution in [0.5, 0.6) is 5.75 Å². The number of ether oxygens (including phenoxy) is 2. The van der Waals surface area contributed by atoms with E-state index in [9.17, 15) is 18.8 Å². The summed E-state index contributed by atoms with van der Waals surface area (Å²) >= 11 is 1.58. The predicted molar refractivity (Wildman–Crippen MR) is 116 cm³/mol. The van der Waals surface area contributed by atoms with Crippen molar-refractivity contribution < 1.29 is 28.2 Å². The van der Waals surface area contributed by atoms with Gasteiger partial charge in [0.25, 0.3) is 0 Å². The number of carbonyl (C=O) groups excluding carboxylic acids is 3. The topological polar surface area (TPSA) is 97.0 Å². The van der Waals surface area contributed by atoms with Crippen molar-refractivity contribution in [2.75, 3.05) is 31.8 Å². The van der Waals surface area contributed by atoms with E-state index < -0.39 is 29.8 Å². The Morgan fingerprint density at radius 1 is 1.28 bits per heavy atom. The maximum Gasteiger partial charge on any atom is 0.338 e. The lowest BCUT2D eigenvalue weighted by atomic mass is 9.96. The third-order valence-electron chi connectivity index (χ3n) is 5.18. The van der Waals surface area contributed by atoms with Gasteiger partial charge in [-0.25, -0.2) is 14.0 Å². The molecule has 8 nitrogen and oxygen atoms in total. The molecule has 0 spiro atoms. The first-order chi connectivity index (χ1) is 15.4. The zero-order valence-electron chi connectivity index (χ0n) is 17.3. The summed E-state index contributed by atoms with van der Waals surface area (Å²) in [4.78, 5) is 40.0. The molecule has 1 atom stereocenters. The molecule has 3 amide bonds. The van der Waals surface area contributed by atoms with Gasteiger partial charge in [-0.2, -0.15) is 0 Å². The lowest BCUT2D eigenvalue weighted by Crippen LogP contribution is -2.49. The van der Waals surface area contributed by atoms with Gasteiger partial charge in [-0.3, -0.25) is 9.69 Å². The molecule has 10 heteroatoms. The van der Waals surface area contributed by atoms with E-state index in [1.54, 1.807) is 11.8 Å². The van der Waals surface area contributed by atoms with Crippen molar-refractivity contribution in [3.05, 3.63) is 65.1 Å². The maximum atomic E-state index is 13.9. The molecule has 2 heterocycles. The van der Waals surface area contributed by atoms with Crippen molar-refractivity contribution in [3.8, 4) is 5.75 Å². The van der Waals surface area contributed by atoms with Crippen LogP contribution in [0.3, 0.4) is 0 Å². The number of nitrogens with one attached hydrogen (secondary N) is 2. The third-order valence-corrected chi connectivity index (χ3v) is 5.93. The van der Waals surface area contributed by atoms with E-state index in [-0.39, 0.29) is 24.6 Å². The van der Waals surface area contributed by atoms with Gasteiger partial charge in [-0.15, -0.1) is 11.8 Å². The van der Waals surface area contributed by atoms with Crippen LogP contribution in [0.1, 0.15) is 11.6 Å². The Labute approximate surface area is 187 Å². The number of amides is 3. The van der Waals surface area contributed by atoms with Gasteiger partial charge in [0.1, 0.15) is 13.2 Å². The number of hydrogen-bond donors (Lipinski definition) is 2. The van der Waals surface area contributed by atoms with Crippen LogP contribution in [0.2, 0.25) is 0 Å². The Balaban J connectivity index is 1.55. The number of hydrogen-bond acceptors (Lipinski definition) is 6. The smallest absolute Gasteiger partial charge is 0.338 e. The van der Waals surface area contributed by atoms with Crippen LogP contribution in [0.4, 0.5) is 14.9 Å². The molecule has 0 radical (unpaired) electrons. The summed E-state index contributed by atoms with van der Waals surface area (Å²) in [6, 6.07) is 10.3. The van der Waals surface area contributed by atoms with Gasteiger partial charge < -0.3 is 20.1 Å². The summed E-state index contributed by atoms with van der Waals surface area (Å²) in [5, 5.41) is 5.32. The van der Waals surface area contributed by atoms with Crippen molar-refractivity contribution in [1.29, 1.82) is 0 Å². The largest absolute Gasteiger partial charge is 0.494 e. The summed E-state index contributed by atoms with van der Waals surface area (Å²) < 4.78 is 23.9. The molecule has 2 aliphatic rings. The highest BCUT2D eigenvalue weighted by Crippen LogP contribution is 2.35. The van der Waals surface area contributed by atoms with Crippen LogP contribution in [-0.2, 0) is 14.3 Å². The lowest BCUT2D eigenvalue weighted by molar-refractivity contribution is -0.136. The van der Waals surface area contributed by atoms with Crippen LogP contribution in [0.25, 0.3) is 0 Å². The predicted octanol–water partition coefficient (Wildman–Crippen LogP) is 3.07. The number of benzene rings is 2. The molecule has 2 aromatic carbocycles. The van der Waals surface area contributed by atoms with Crippen molar-refractivity contribution in [2.45, 2.75) is 10.9 Å². The zero-order chi connectivity index (χ0) is 22.8. The van der Waals surface area contributed by atoms with Crippen LogP contribution in [0, 0.1) is 5.82 Å². The summed E-state index contributed by atoms with van der Waals surface area (Å²) in [5.74, 6) is -1.68. The van der Waals surface area contributed by atoms with Gasteiger partial charge in [-0.05, 0) is 36.1 Å². The van der Waals surface area contributed by atoms with Gasteiger partial charge in [0, 0.05) is 16.6 Å². The SMILES string of the molecule is COc1ccc(NC(=O)CN2C(=O)N[C@H](c3ccc(SC)cc3)C3=C2COC3=O)cc1F. The van der Waals surface area contributed by atoms with Gasteiger partial charge in [-0.1, -0.05) is 12.1 Å². The van der Waals surface area contributed by atoms with E-state index in [1.807, 2.05) is 30.5 Å². The molecule has 0 aromatic heterocycles. The molecule has 32 heavy (non-hydrogen) atoms. The molecule has 0 unspecified atom stereocenters. The Bertz CT molecular complexity index is 1120. The number of methoxy groups -OCH3 is 1. The highest BCUT2D eigenvalue weighted by atomic mass is 32.2. The monoisotopic (exact) mass is 457 g/mol. The minimum Gasteiger partial charge on any atom is -0.494 e. The molecule has 2 N–H and O–H groups in total. The molecule has 2 aromatic rings. The average Bonchev–Trinajstić information content (AvgIpc) is 3.17. The molecular weight excluding hydrogens is 437 g/mol. The summed E-state index contributed by atoms with van der Waals surface area (Å²) in [5.41, 5.74) is 1.59. The molecule has 0 bridgehead atoms. The fourth-order valence-corrected chi connectivity index (χ4v) is 4.02.